The van der Waals surface area contributed by atoms with Crippen molar-refractivity contribution in [2.45, 2.75) is 6.54 Å². The van der Waals surface area contributed by atoms with Crippen molar-refractivity contribution in [3.05, 3.63) is 223 Å². The molecule has 0 fully saturated rings. The molecule has 0 radical (unpaired) electrons. The number of amidine groups is 2. The lowest BCUT2D eigenvalue weighted by atomic mass is 9.96. The average Bonchev–Trinajstić information content (AvgIpc) is 4.04. The van der Waals surface area contributed by atoms with Crippen molar-refractivity contribution in [3.63, 3.8) is 0 Å². The van der Waals surface area contributed by atoms with Crippen LogP contribution in [0.2, 0.25) is 0 Å². The van der Waals surface area contributed by atoms with Crippen LogP contribution in [0.5, 0.6) is 0 Å². The number of rotatable bonds is 7. The largest absolute Gasteiger partial charge is 0.456 e. The Labute approximate surface area is 368 Å². The van der Waals surface area contributed by atoms with Gasteiger partial charge in [0.05, 0.1) is 23.0 Å². The van der Waals surface area contributed by atoms with Gasteiger partial charge in [-0.25, -0.2) is 9.98 Å². The minimum atomic E-state index is 0.427. The van der Waals surface area contributed by atoms with Gasteiger partial charge in [-0.05, 0) is 101 Å². The summed E-state index contributed by atoms with van der Waals surface area (Å²) in [6, 6.07) is 71.4. The Morgan fingerprint density at radius 2 is 1.11 bits per heavy atom. The van der Waals surface area contributed by atoms with Crippen LogP contribution in [0.3, 0.4) is 0 Å². The molecule has 0 N–H and O–H groups in total. The molecule has 0 aliphatic heterocycles. The van der Waals surface area contributed by atoms with E-state index in [2.05, 4.69) is 150 Å². The molecule has 0 aliphatic rings. The quantitative estimate of drug-likeness (QED) is 0.119. The van der Waals surface area contributed by atoms with Crippen molar-refractivity contribution >= 4 is 84.1 Å². The molecular formula is C58H38N4O2. The molecule has 3 aromatic heterocycles. The summed E-state index contributed by atoms with van der Waals surface area (Å²) < 4.78 is 15.5. The van der Waals surface area contributed by atoms with Crippen LogP contribution in [-0.2, 0) is 6.54 Å². The number of fused-ring (bicyclic) bond motifs is 10. The molecule has 3 heterocycles. The maximum Gasteiger partial charge on any atom is 0.161 e. The first-order valence-corrected chi connectivity index (χ1v) is 21.4. The van der Waals surface area contributed by atoms with E-state index in [0.717, 1.165) is 110 Å². The maximum absolute atomic E-state index is 6.67. The summed E-state index contributed by atoms with van der Waals surface area (Å²) in [5, 5.41) is 6.60. The number of hydrogen-bond acceptors (Lipinski definition) is 3. The zero-order valence-electron chi connectivity index (χ0n) is 34.6. The second kappa shape index (κ2) is 15.4. The van der Waals surface area contributed by atoms with Crippen LogP contribution < -0.4 is 0 Å². The molecule has 0 unspecified atom stereocenters. The SMILES string of the molecule is C=NC(=NC(=NCc1cccc(-c2cccc3oc4ccc(-c5ccc6c(c5)c5c7oc8ccccc8c7ccc5n6-c5ccccc5)cc4c23)c1)c1ccccc1)c1ccccc1. The summed E-state index contributed by atoms with van der Waals surface area (Å²) in [5.41, 5.74) is 14.0. The summed E-state index contributed by atoms with van der Waals surface area (Å²) in [6.07, 6.45) is 0. The smallest absolute Gasteiger partial charge is 0.161 e. The zero-order valence-corrected chi connectivity index (χ0v) is 34.6. The van der Waals surface area contributed by atoms with E-state index in [4.69, 9.17) is 18.8 Å². The van der Waals surface area contributed by atoms with Gasteiger partial charge in [-0.1, -0.05) is 140 Å². The van der Waals surface area contributed by atoms with E-state index in [1.54, 1.807) is 0 Å². The van der Waals surface area contributed by atoms with E-state index >= 15 is 0 Å². The molecule has 0 spiro atoms. The lowest BCUT2D eigenvalue weighted by Crippen LogP contribution is -2.05. The van der Waals surface area contributed by atoms with Crippen LogP contribution in [0.15, 0.2) is 230 Å². The van der Waals surface area contributed by atoms with Crippen molar-refractivity contribution in [1.29, 1.82) is 0 Å². The summed E-state index contributed by atoms with van der Waals surface area (Å²) in [4.78, 5) is 14.2. The molecule has 64 heavy (non-hydrogen) atoms. The Hall–Kier alpha value is -8.61. The van der Waals surface area contributed by atoms with Gasteiger partial charge in [0.1, 0.15) is 22.3 Å². The van der Waals surface area contributed by atoms with Crippen molar-refractivity contribution in [3.8, 4) is 27.9 Å². The maximum atomic E-state index is 6.67. The average molecular weight is 823 g/mol. The Kier molecular flexibility index (Phi) is 8.94. The molecular weight excluding hydrogens is 785 g/mol. The Bertz CT molecular complexity index is 3820. The first kappa shape index (κ1) is 37.2. The second-order valence-electron chi connectivity index (χ2n) is 16.0. The van der Waals surface area contributed by atoms with Gasteiger partial charge < -0.3 is 13.4 Å². The predicted octanol–water partition coefficient (Wildman–Crippen LogP) is 15.0. The first-order chi connectivity index (χ1) is 31.7. The molecule has 0 aliphatic carbocycles. The lowest BCUT2D eigenvalue weighted by molar-refractivity contribution is 0.669. The zero-order chi connectivity index (χ0) is 42.6. The number of furan rings is 2. The molecule has 302 valence electrons. The lowest BCUT2D eigenvalue weighted by Gasteiger charge is -2.09. The van der Waals surface area contributed by atoms with E-state index < -0.39 is 0 Å². The molecule has 0 atom stereocenters. The predicted molar refractivity (Wildman–Crippen MR) is 265 cm³/mol. The van der Waals surface area contributed by atoms with Crippen LogP contribution in [0.4, 0.5) is 0 Å². The van der Waals surface area contributed by atoms with Gasteiger partial charge in [0.15, 0.2) is 11.7 Å². The molecule has 0 bridgehead atoms. The number of benzene rings is 9. The molecule has 6 heteroatoms. The fraction of sp³-hybridized carbons (Fsp3) is 0.0172. The Morgan fingerprint density at radius 1 is 0.453 bits per heavy atom. The highest BCUT2D eigenvalue weighted by Gasteiger charge is 2.20. The van der Waals surface area contributed by atoms with Crippen LogP contribution in [0.25, 0.3) is 93.6 Å². The van der Waals surface area contributed by atoms with Crippen molar-refractivity contribution < 1.29 is 8.83 Å². The monoisotopic (exact) mass is 822 g/mol. The number of aliphatic imine (C=N–C) groups is 3. The molecule has 0 saturated heterocycles. The number of aromatic nitrogens is 1. The van der Waals surface area contributed by atoms with Crippen LogP contribution >= 0.6 is 0 Å². The van der Waals surface area contributed by atoms with Gasteiger partial charge in [-0.15, -0.1) is 0 Å². The van der Waals surface area contributed by atoms with Crippen molar-refractivity contribution in [1.82, 2.24) is 4.57 Å². The third-order valence-electron chi connectivity index (χ3n) is 12.2. The molecule has 12 aromatic rings. The third-order valence-corrected chi connectivity index (χ3v) is 12.2. The molecule has 9 aromatic carbocycles. The van der Waals surface area contributed by atoms with Crippen LogP contribution in [0, 0.1) is 0 Å². The number of hydrogen-bond donors (Lipinski definition) is 0. The number of para-hydroxylation sites is 2. The fourth-order valence-electron chi connectivity index (χ4n) is 9.23. The molecule has 0 saturated carbocycles. The van der Waals surface area contributed by atoms with E-state index in [9.17, 15) is 0 Å². The standard InChI is InChI=1S/C58H38N4O2/c1-59-57(38-16-5-2-6-17-38)61-58(39-18-7-3-8-19-39)60-36-37-15-13-20-42(33-37)44-24-14-26-53-54(44)48-35-41(28-32-52(48)63-53)40-27-30-49-47(34-40)55-50(62(49)43-21-9-4-10-22-43)31-29-46-45-23-11-12-25-51(45)64-56(46)55/h2-35H,1,36H2. The van der Waals surface area contributed by atoms with Crippen LogP contribution in [0.1, 0.15) is 16.7 Å². The Morgan fingerprint density at radius 3 is 1.91 bits per heavy atom. The highest BCUT2D eigenvalue weighted by molar-refractivity contribution is 6.24. The van der Waals surface area contributed by atoms with Gasteiger partial charge in [0, 0.05) is 43.7 Å². The third kappa shape index (κ3) is 6.31. The highest BCUT2D eigenvalue weighted by Crippen LogP contribution is 2.43. The minimum Gasteiger partial charge on any atom is -0.456 e. The van der Waals surface area contributed by atoms with Crippen LogP contribution in [-0.4, -0.2) is 23.0 Å². The fourth-order valence-corrected chi connectivity index (χ4v) is 9.23. The van der Waals surface area contributed by atoms with Crippen molar-refractivity contribution in [2.24, 2.45) is 15.0 Å². The van der Waals surface area contributed by atoms with E-state index in [1.807, 2.05) is 72.8 Å². The van der Waals surface area contributed by atoms with Gasteiger partial charge in [-0.3, -0.25) is 4.99 Å². The normalized spacial score (nSPS) is 12.4. The summed E-state index contributed by atoms with van der Waals surface area (Å²) in [5.74, 6) is 1.12. The topological polar surface area (TPSA) is 68.3 Å². The Balaban J connectivity index is 0.964. The molecule has 6 nitrogen and oxygen atoms in total. The molecule has 12 rings (SSSR count). The summed E-state index contributed by atoms with van der Waals surface area (Å²) in [7, 11) is 0. The van der Waals surface area contributed by atoms with E-state index in [0.29, 0.717) is 18.2 Å². The van der Waals surface area contributed by atoms with E-state index in [-0.39, 0.29) is 0 Å². The minimum absolute atomic E-state index is 0.427. The first-order valence-electron chi connectivity index (χ1n) is 21.4. The second-order valence-corrected chi connectivity index (χ2v) is 16.0. The van der Waals surface area contributed by atoms with Gasteiger partial charge >= 0.3 is 0 Å². The van der Waals surface area contributed by atoms with Crippen molar-refractivity contribution in [2.75, 3.05) is 0 Å². The van der Waals surface area contributed by atoms with Gasteiger partial charge in [0.25, 0.3) is 0 Å². The summed E-state index contributed by atoms with van der Waals surface area (Å²) in [6.45, 7) is 4.24. The van der Waals surface area contributed by atoms with E-state index in [1.165, 1.54) is 0 Å². The number of nitrogens with zero attached hydrogens (tertiary/aromatic N) is 4. The molecule has 0 amide bonds. The summed E-state index contributed by atoms with van der Waals surface area (Å²) >= 11 is 0. The van der Waals surface area contributed by atoms with Gasteiger partial charge in [0.2, 0.25) is 0 Å². The highest BCUT2D eigenvalue weighted by atomic mass is 16.3. The van der Waals surface area contributed by atoms with Gasteiger partial charge in [-0.2, -0.15) is 0 Å².